The Morgan fingerprint density at radius 2 is 2.06 bits per heavy atom. The summed E-state index contributed by atoms with van der Waals surface area (Å²) in [4.78, 5) is 27.2. The van der Waals surface area contributed by atoms with Gasteiger partial charge in [0.2, 0.25) is 0 Å². The first kappa shape index (κ1) is 12.1. The third kappa shape index (κ3) is 2.17. The van der Waals surface area contributed by atoms with E-state index in [1.807, 2.05) is 0 Å². The second kappa shape index (κ2) is 4.48. The summed E-state index contributed by atoms with van der Waals surface area (Å²) in [5.41, 5.74) is 2.27. The number of oxime groups is 1. The van der Waals surface area contributed by atoms with Crippen LogP contribution in [0.25, 0.3) is 6.08 Å². The molecule has 1 aliphatic heterocycles. The first-order valence-corrected chi connectivity index (χ1v) is 5.33. The normalized spacial score (nSPS) is 18.2. The Kier molecular flexibility index (Phi) is 3.01. The van der Waals surface area contributed by atoms with Crippen LogP contribution < -0.4 is 5.63 Å². The molecule has 94 valence electrons. The molecular formula is C12H12N2O4. The topological polar surface area (TPSA) is 84.7 Å². The Balaban J connectivity index is 2.36. The number of nitrogens with zero attached hydrogens (tertiary/aromatic N) is 1. The van der Waals surface area contributed by atoms with Gasteiger partial charge < -0.3 is 9.36 Å². The molecule has 0 saturated heterocycles. The minimum absolute atomic E-state index is 0.390. The Hall–Kier alpha value is -2.37. The minimum Gasteiger partial charge on any atom is -0.338 e. The number of carbonyl (C=O) groups excluding carboxylic acids is 1. The molecule has 0 bridgehead atoms. The van der Waals surface area contributed by atoms with Gasteiger partial charge in [-0.2, -0.15) is 0 Å². The molecule has 0 unspecified atom stereocenters. The van der Waals surface area contributed by atoms with Crippen molar-refractivity contribution >= 4 is 17.8 Å². The summed E-state index contributed by atoms with van der Waals surface area (Å²) in [6, 6.07) is 0. The summed E-state index contributed by atoms with van der Waals surface area (Å²) in [7, 11) is 0. The van der Waals surface area contributed by atoms with Gasteiger partial charge in [0.05, 0.1) is 22.5 Å². The highest BCUT2D eigenvalue weighted by atomic mass is 16.7. The van der Waals surface area contributed by atoms with Gasteiger partial charge in [-0.1, -0.05) is 5.16 Å². The molecule has 0 aliphatic carbocycles. The van der Waals surface area contributed by atoms with Gasteiger partial charge >= 0.3 is 11.6 Å². The van der Waals surface area contributed by atoms with Gasteiger partial charge in [-0.15, -0.1) is 0 Å². The average Bonchev–Trinajstić information content (AvgIpc) is 2.79. The highest BCUT2D eigenvalue weighted by Crippen LogP contribution is 2.15. The molecular weight excluding hydrogens is 236 g/mol. The maximum Gasteiger partial charge on any atom is 0.367 e. The predicted molar refractivity (Wildman–Crippen MR) is 65.0 cm³/mol. The molecule has 6 heteroatoms. The standard InChI is InChI=1S/C12H12N2O4/c1-6(4-9-7(2)13-17-11(9)15)5-10-8(3)14-18-12(10)16/h4-5,13H,1-3H3. The lowest BCUT2D eigenvalue weighted by atomic mass is 10.1. The van der Waals surface area contributed by atoms with E-state index >= 15 is 0 Å². The summed E-state index contributed by atoms with van der Waals surface area (Å²) in [5, 5.41) is 6.05. The largest absolute Gasteiger partial charge is 0.367 e. The van der Waals surface area contributed by atoms with Crippen LogP contribution in [0.3, 0.4) is 0 Å². The zero-order valence-electron chi connectivity index (χ0n) is 10.2. The second-order valence-electron chi connectivity index (χ2n) is 4.03. The number of aromatic amines is 1. The third-order valence-electron chi connectivity index (χ3n) is 2.54. The van der Waals surface area contributed by atoms with Crippen molar-refractivity contribution < 1.29 is 14.2 Å². The number of aromatic nitrogens is 1. The van der Waals surface area contributed by atoms with Crippen LogP contribution in [0.2, 0.25) is 0 Å². The zero-order valence-corrected chi connectivity index (χ0v) is 10.2. The molecule has 1 aromatic rings. The van der Waals surface area contributed by atoms with Crippen LogP contribution in [0.15, 0.2) is 31.7 Å². The maximum atomic E-state index is 11.4. The van der Waals surface area contributed by atoms with Gasteiger partial charge in [-0.25, -0.2) is 14.7 Å². The number of carbonyl (C=O) groups is 1. The minimum atomic E-state index is -0.488. The summed E-state index contributed by atoms with van der Waals surface area (Å²) >= 11 is 0. The highest BCUT2D eigenvalue weighted by molar-refractivity contribution is 6.21. The van der Waals surface area contributed by atoms with E-state index in [4.69, 9.17) is 0 Å². The lowest BCUT2D eigenvalue weighted by Gasteiger charge is -1.95. The van der Waals surface area contributed by atoms with Crippen molar-refractivity contribution in [1.29, 1.82) is 0 Å². The zero-order chi connectivity index (χ0) is 13.3. The Morgan fingerprint density at radius 1 is 1.33 bits per heavy atom. The monoisotopic (exact) mass is 248 g/mol. The van der Waals surface area contributed by atoms with Crippen molar-refractivity contribution in [3.8, 4) is 0 Å². The number of rotatable bonds is 2. The number of hydrogen-bond acceptors (Lipinski definition) is 5. The molecule has 1 aromatic heterocycles. The van der Waals surface area contributed by atoms with Gasteiger partial charge in [0.15, 0.2) is 0 Å². The molecule has 0 saturated carbocycles. The first-order valence-electron chi connectivity index (χ1n) is 5.33. The molecule has 0 amide bonds. The van der Waals surface area contributed by atoms with E-state index in [2.05, 4.69) is 19.7 Å². The lowest BCUT2D eigenvalue weighted by Crippen LogP contribution is -2.02. The number of hydrogen-bond donors (Lipinski definition) is 1. The quantitative estimate of drug-likeness (QED) is 0.635. The Morgan fingerprint density at radius 3 is 2.56 bits per heavy atom. The van der Waals surface area contributed by atoms with Crippen molar-refractivity contribution in [2.45, 2.75) is 20.8 Å². The van der Waals surface area contributed by atoms with Crippen molar-refractivity contribution in [2.75, 3.05) is 0 Å². The molecule has 0 spiro atoms. The van der Waals surface area contributed by atoms with E-state index in [0.717, 1.165) is 5.57 Å². The van der Waals surface area contributed by atoms with E-state index in [1.165, 1.54) is 0 Å². The van der Waals surface area contributed by atoms with Crippen molar-refractivity contribution in [1.82, 2.24) is 5.16 Å². The van der Waals surface area contributed by atoms with Crippen LogP contribution in [0.1, 0.15) is 25.1 Å². The van der Waals surface area contributed by atoms with Crippen LogP contribution in [0, 0.1) is 6.92 Å². The number of nitrogens with one attached hydrogen (secondary N) is 1. The fraction of sp³-hybridized carbons (Fsp3) is 0.250. The fourth-order valence-corrected chi connectivity index (χ4v) is 1.57. The second-order valence-corrected chi connectivity index (χ2v) is 4.03. The molecule has 0 fully saturated rings. The highest BCUT2D eigenvalue weighted by Gasteiger charge is 2.21. The van der Waals surface area contributed by atoms with E-state index in [1.54, 1.807) is 32.9 Å². The van der Waals surface area contributed by atoms with Crippen molar-refractivity contribution in [3.05, 3.63) is 38.9 Å². The van der Waals surface area contributed by atoms with Crippen molar-refractivity contribution in [3.63, 3.8) is 0 Å². The van der Waals surface area contributed by atoms with Crippen LogP contribution in [-0.4, -0.2) is 16.8 Å². The molecule has 0 radical (unpaired) electrons. The summed E-state index contributed by atoms with van der Waals surface area (Å²) < 4.78 is 4.65. The van der Waals surface area contributed by atoms with Crippen LogP contribution in [0.5, 0.6) is 0 Å². The summed E-state index contributed by atoms with van der Waals surface area (Å²) in [6.07, 6.45) is 3.27. The van der Waals surface area contributed by atoms with Gasteiger partial charge in [0.25, 0.3) is 0 Å². The average molecular weight is 248 g/mol. The molecule has 0 atom stereocenters. The molecule has 0 aromatic carbocycles. The molecule has 6 nitrogen and oxygen atoms in total. The lowest BCUT2D eigenvalue weighted by molar-refractivity contribution is -0.136. The number of aryl methyl sites for hydroxylation is 1. The van der Waals surface area contributed by atoms with Gasteiger partial charge in [-0.05, 0) is 38.5 Å². The molecule has 18 heavy (non-hydrogen) atoms. The third-order valence-corrected chi connectivity index (χ3v) is 2.54. The molecule has 1 N–H and O–H groups in total. The van der Waals surface area contributed by atoms with E-state index in [0.29, 0.717) is 22.5 Å². The fourth-order valence-electron chi connectivity index (χ4n) is 1.57. The smallest absolute Gasteiger partial charge is 0.338 e. The van der Waals surface area contributed by atoms with E-state index in [-0.39, 0.29) is 0 Å². The number of H-pyrrole nitrogens is 1. The maximum absolute atomic E-state index is 11.4. The van der Waals surface area contributed by atoms with Crippen LogP contribution in [-0.2, 0) is 9.63 Å². The molecule has 2 heterocycles. The summed E-state index contributed by atoms with van der Waals surface area (Å²) in [6.45, 7) is 5.19. The van der Waals surface area contributed by atoms with E-state index < -0.39 is 11.6 Å². The Labute approximate surface area is 103 Å². The van der Waals surface area contributed by atoms with E-state index in [9.17, 15) is 9.59 Å². The number of allylic oxidation sites excluding steroid dienone is 2. The molecule has 2 rings (SSSR count). The van der Waals surface area contributed by atoms with Crippen LogP contribution in [0.4, 0.5) is 0 Å². The SMILES string of the molecule is CC(=Cc1c(C)[nH]oc1=O)C=C1C(=O)ON=C1C. The van der Waals surface area contributed by atoms with Gasteiger partial charge in [0, 0.05) is 0 Å². The van der Waals surface area contributed by atoms with Gasteiger partial charge in [0.1, 0.15) is 0 Å². The summed E-state index contributed by atoms with van der Waals surface area (Å²) in [5.74, 6) is -0.488. The molecule has 1 aliphatic rings. The Bertz CT molecular complexity index is 643. The predicted octanol–water partition coefficient (Wildman–Crippen LogP) is 1.54. The van der Waals surface area contributed by atoms with Crippen LogP contribution >= 0.6 is 0 Å². The van der Waals surface area contributed by atoms with Gasteiger partial charge in [-0.3, -0.25) is 0 Å². The van der Waals surface area contributed by atoms with Crippen molar-refractivity contribution in [2.24, 2.45) is 5.16 Å². The first-order chi connectivity index (χ1) is 8.49.